The van der Waals surface area contributed by atoms with E-state index in [9.17, 15) is 13.2 Å². The molecule has 64 valence electrons. The second kappa shape index (κ2) is 2.52. The molecule has 1 rings (SSSR count). The van der Waals surface area contributed by atoms with E-state index in [0.717, 1.165) is 0 Å². The summed E-state index contributed by atoms with van der Waals surface area (Å²) in [5.74, 6) is 0. The predicted molar refractivity (Wildman–Crippen MR) is 34.0 cm³/mol. The lowest BCUT2D eigenvalue weighted by Crippen LogP contribution is -2.12. The molecule has 1 unspecified atom stereocenters. The highest BCUT2D eigenvalue weighted by Crippen LogP contribution is 2.38. The van der Waals surface area contributed by atoms with Crippen LogP contribution < -0.4 is 0 Å². The third-order valence-corrected chi connectivity index (χ3v) is 1.84. The Bertz CT molecular complexity index is 192. The van der Waals surface area contributed by atoms with E-state index in [4.69, 9.17) is 5.11 Å². The van der Waals surface area contributed by atoms with Gasteiger partial charge in [0.2, 0.25) is 0 Å². The highest BCUT2D eigenvalue weighted by molar-refractivity contribution is 5.24. The summed E-state index contributed by atoms with van der Waals surface area (Å²) in [4.78, 5) is 0. The Labute approximate surface area is 62.5 Å². The van der Waals surface area contributed by atoms with Crippen LogP contribution in [-0.4, -0.2) is 17.4 Å². The molecule has 0 fully saturated rings. The van der Waals surface area contributed by atoms with Gasteiger partial charge in [-0.3, -0.25) is 0 Å². The van der Waals surface area contributed by atoms with Gasteiger partial charge < -0.3 is 5.11 Å². The first-order chi connectivity index (χ1) is 4.91. The Hall–Kier alpha value is -0.510. The van der Waals surface area contributed by atoms with Gasteiger partial charge in [0.05, 0.1) is 6.10 Å². The fourth-order valence-corrected chi connectivity index (χ4v) is 1.32. The molecule has 1 N–H and O–H groups in total. The molecule has 0 spiro atoms. The number of alkyl halides is 3. The number of hydrogen-bond donors (Lipinski definition) is 1. The molecule has 0 aromatic rings. The molecule has 0 aromatic carbocycles. The SMILES string of the molecule is CC1=C(C(F)(F)F)CC(O)C1. The van der Waals surface area contributed by atoms with E-state index in [2.05, 4.69) is 0 Å². The third-order valence-electron chi connectivity index (χ3n) is 1.84. The van der Waals surface area contributed by atoms with E-state index in [0.29, 0.717) is 0 Å². The summed E-state index contributed by atoms with van der Waals surface area (Å²) in [7, 11) is 0. The zero-order valence-electron chi connectivity index (χ0n) is 6.07. The van der Waals surface area contributed by atoms with Gasteiger partial charge in [-0.1, -0.05) is 5.57 Å². The van der Waals surface area contributed by atoms with Crippen molar-refractivity contribution in [2.45, 2.75) is 32.0 Å². The van der Waals surface area contributed by atoms with Crippen LogP contribution in [0.1, 0.15) is 19.8 Å². The molecular weight excluding hydrogens is 157 g/mol. The van der Waals surface area contributed by atoms with E-state index in [-0.39, 0.29) is 18.4 Å². The Kier molecular flexibility index (Phi) is 1.96. The van der Waals surface area contributed by atoms with Gasteiger partial charge in [0.1, 0.15) is 0 Å². The van der Waals surface area contributed by atoms with E-state index < -0.39 is 17.9 Å². The van der Waals surface area contributed by atoms with Gasteiger partial charge in [-0.05, 0) is 13.3 Å². The standard InChI is InChI=1S/C7H9F3O/c1-4-2-5(11)3-6(4)7(8,9)10/h5,11H,2-3H2,1H3. The van der Waals surface area contributed by atoms with Crippen molar-refractivity contribution in [1.29, 1.82) is 0 Å². The Morgan fingerprint density at radius 1 is 1.36 bits per heavy atom. The van der Waals surface area contributed by atoms with Crippen LogP contribution in [-0.2, 0) is 0 Å². The zero-order chi connectivity index (χ0) is 8.65. The van der Waals surface area contributed by atoms with Gasteiger partial charge >= 0.3 is 6.18 Å². The van der Waals surface area contributed by atoms with Gasteiger partial charge in [-0.25, -0.2) is 0 Å². The lowest BCUT2D eigenvalue weighted by Gasteiger charge is -2.08. The van der Waals surface area contributed by atoms with Crippen LogP contribution in [0.3, 0.4) is 0 Å². The second-order valence-corrected chi connectivity index (χ2v) is 2.82. The van der Waals surface area contributed by atoms with Gasteiger partial charge in [0.25, 0.3) is 0 Å². The van der Waals surface area contributed by atoms with Crippen molar-refractivity contribution in [3.63, 3.8) is 0 Å². The lowest BCUT2D eigenvalue weighted by molar-refractivity contribution is -0.0953. The summed E-state index contributed by atoms with van der Waals surface area (Å²) >= 11 is 0. The molecule has 0 bridgehead atoms. The van der Waals surface area contributed by atoms with Crippen LogP contribution in [0.5, 0.6) is 0 Å². The van der Waals surface area contributed by atoms with Crippen molar-refractivity contribution in [2.75, 3.05) is 0 Å². The number of halogens is 3. The van der Waals surface area contributed by atoms with Gasteiger partial charge in [-0.15, -0.1) is 0 Å². The van der Waals surface area contributed by atoms with Gasteiger partial charge in [0.15, 0.2) is 0 Å². The fraction of sp³-hybridized carbons (Fsp3) is 0.714. The van der Waals surface area contributed by atoms with Crippen LogP contribution in [0.2, 0.25) is 0 Å². The minimum Gasteiger partial charge on any atom is -0.392 e. The monoisotopic (exact) mass is 166 g/mol. The van der Waals surface area contributed by atoms with Crippen LogP contribution in [0.15, 0.2) is 11.1 Å². The first-order valence-electron chi connectivity index (χ1n) is 3.35. The first kappa shape index (κ1) is 8.59. The molecule has 4 heteroatoms. The molecule has 1 aliphatic rings. The maximum Gasteiger partial charge on any atom is 0.412 e. The number of rotatable bonds is 0. The van der Waals surface area contributed by atoms with Crippen molar-refractivity contribution in [3.8, 4) is 0 Å². The minimum absolute atomic E-state index is 0.162. The molecular formula is C7H9F3O. The lowest BCUT2D eigenvalue weighted by atomic mass is 10.2. The molecule has 1 nitrogen and oxygen atoms in total. The molecule has 0 amide bonds. The summed E-state index contributed by atoms with van der Waals surface area (Å²) < 4.78 is 36.0. The molecule has 1 atom stereocenters. The summed E-state index contributed by atoms with van der Waals surface area (Å²) in [6.45, 7) is 1.42. The summed E-state index contributed by atoms with van der Waals surface area (Å²) in [5, 5.41) is 8.89. The van der Waals surface area contributed by atoms with Crippen LogP contribution >= 0.6 is 0 Å². The molecule has 0 aliphatic heterocycles. The maximum atomic E-state index is 12.0. The second-order valence-electron chi connectivity index (χ2n) is 2.82. The Morgan fingerprint density at radius 3 is 2.09 bits per heavy atom. The van der Waals surface area contributed by atoms with Crippen LogP contribution in [0.4, 0.5) is 13.2 Å². The van der Waals surface area contributed by atoms with E-state index in [1.165, 1.54) is 6.92 Å². The highest BCUT2D eigenvalue weighted by atomic mass is 19.4. The van der Waals surface area contributed by atoms with Crippen LogP contribution in [0.25, 0.3) is 0 Å². The quantitative estimate of drug-likeness (QED) is 0.546. The van der Waals surface area contributed by atoms with E-state index in [1.54, 1.807) is 0 Å². The maximum absolute atomic E-state index is 12.0. The smallest absolute Gasteiger partial charge is 0.392 e. The first-order valence-corrected chi connectivity index (χ1v) is 3.35. The molecule has 0 radical (unpaired) electrons. The minimum atomic E-state index is -4.25. The fourth-order valence-electron chi connectivity index (χ4n) is 1.32. The summed E-state index contributed by atoms with van der Waals surface area (Å²) in [5.41, 5.74) is -0.282. The number of hydrogen-bond acceptors (Lipinski definition) is 1. The van der Waals surface area contributed by atoms with Crippen molar-refractivity contribution in [2.24, 2.45) is 0 Å². The summed E-state index contributed by atoms with van der Waals surface area (Å²) in [6, 6.07) is 0. The van der Waals surface area contributed by atoms with Crippen molar-refractivity contribution in [3.05, 3.63) is 11.1 Å². The highest BCUT2D eigenvalue weighted by Gasteiger charge is 2.39. The zero-order valence-corrected chi connectivity index (χ0v) is 6.07. The molecule has 0 aromatic heterocycles. The van der Waals surface area contributed by atoms with Crippen LogP contribution in [0, 0.1) is 0 Å². The molecule has 0 heterocycles. The van der Waals surface area contributed by atoms with E-state index in [1.807, 2.05) is 0 Å². The average Bonchev–Trinajstić information content (AvgIpc) is 2.08. The predicted octanol–water partition coefficient (Wildman–Crippen LogP) is 2.02. The molecule has 1 aliphatic carbocycles. The van der Waals surface area contributed by atoms with Crippen molar-refractivity contribution in [1.82, 2.24) is 0 Å². The Balaban J connectivity index is 2.80. The van der Waals surface area contributed by atoms with E-state index >= 15 is 0 Å². The molecule has 0 saturated heterocycles. The van der Waals surface area contributed by atoms with Gasteiger partial charge in [0, 0.05) is 12.0 Å². The largest absolute Gasteiger partial charge is 0.412 e. The third kappa shape index (κ3) is 1.74. The molecule has 0 saturated carbocycles. The van der Waals surface area contributed by atoms with Gasteiger partial charge in [-0.2, -0.15) is 13.2 Å². The number of aliphatic hydroxyl groups excluding tert-OH is 1. The topological polar surface area (TPSA) is 20.2 Å². The summed E-state index contributed by atoms with van der Waals surface area (Å²) in [6.07, 6.45) is -5.15. The van der Waals surface area contributed by atoms with Crippen molar-refractivity contribution >= 4 is 0 Å². The average molecular weight is 166 g/mol. The molecule has 11 heavy (non-hydrogen) atoms. The number of aliphatic hydroxyl groups is 1. The normalized spacial score (nSPS) is 26.5. The Morgan fingerprint density at radius 2 is 1.91 bits per heavy atom. The van der Waals surface area contributed by atoms with Crippen molar-refractivity contribution < 1.29 is 18.3 Å².